The predicted octanol–water partition coefficient (Wildman–Crippen LogP) is 3.22. The number of aliphatic hydroxyl groups excluding tert-OH is 1. The van der Waals surface area contributed by atoms with Crippen LogP contribution in [0.15, 0.2) is 59.8 Å². The number of hydrogen-bond donors (Lipinski definition) is 3. The summed E-state index contributed by atoms with van der Waals surface area (Å²) in [6.45, 7) is 5.14. The number of hydrogen-bond acceptors (Lipinski definition) is 6. The fraction of sp³-hybridized carbons (Fsp3) is 0.273. The van der Waals surface area contributed by atoms with Gasteiger partial charge in [-0.05, 0) is 29.2 Å². The Morgan fingerprint density at radius 3 is 2.39 bits per heavy atom. The van der Waals surface area contributed by atoms with E-state index in [1.165, 1.54) is 30.6 Å². The molecule has 0 aliphatic heterocycles. The number of anilines is 1. The van der Waals surface area contributed by atoms with Crippen LogP contribution < -0.4 is 10.5 Å². The molecule has 0 aliphatic rings. The van der Waals surface area contributed by atoms with Crippen molar-refractivity contribution in [3.8, 4) is 22.4 Å². The van der Waals surface area contributed by atoms with E-state index in [2.05, 4.69) is 14.7 Å². The molecule has 0 aliphatic carbocycles. The summed E-state index contributed by atoms with van der Waals surface area (Å²) in [5, 5.41) is 9.66. The summed E-state index contributed by atoms with van der Waals surface area (Å²) in [5.41, 5.74) is 6.30. The SMILES string of the molecule is CC(C)(C)[C@@H](CO)NS(=O)(=O)c1ccccc1-c1ccc(-c2cnc(N)cn2)c(F)c1. The average Bonchev–Trinajstić information content (AvgIpc) is 2.72. The fourth-order valence-corrected chi connectivity index (χ4v) is 4.71. The van der Waals surface area contributed by atoms with Gasteiger partial charge in [0.1, 0.15) is 11.6 Å². The van der Waals surface area contributed by atoms with E-state index < -0.39 is 27.3 Å². The number of nitrogens with one attached hydrogen (secondary N) is 1. The van der Waals surface area contributed by atoms with Gasteiger partial charge in [-0.3, -0.25) is 4.98 Å². The molecule has 31 heavy (non-hydrogen) atoms. The lowest BCUT2D eigenvalue weighted by atomic mass is 9.88. The van der Waals surface area contributed by atoms with Crippen LogP contribution in [0, 0.1) is 11.2 Å². The largest absolute Gasteiger partial charge is 0.395 e. The molecule has 7 nitrogen and oxygen atoms in total. The van der Waals surface area contributed by atoms with Gasteiger partial charge in [-0.15, -0.1) is 0 Å². The molecule has 164 valence electrons. The zero-order valence-electron chi connectivity index (χ0n) is 17.5. The Morgan fingerprint density at radius 2 is 1.81 bits per heavy atom. The van der Waals surface area contributed by atoms with Gasteiger partial charge in [0.05, 0.1) is 29.6 Å². The van der Waals surface area contributed by atoms with Gasteiger partial charge in [0, 0.05) is 17.2 Å². The number of rotatable bonds is 6. The predicted molar refractivity (Wildman–Crippen MR) is 118 cm³/mol. The van der Waals surface area contributed by atoms with Crippen molar-refractivity contribution in [2.45, 2.75) is 31.7 Å². The highest BCUT2D eigenvalue weighted by molar-refractivity contribution is 7.89. The minimum Gasteiger partial charge on any atom is -0.395 e. The van der Waals surface area contributed by atoms with Crippen LogP contribution in [0.5, 0.6) is 0 Å². The minimum atomic E-state index is -3.98. The summed E-state index contributed by atoms with van der Waals surface area (Å²) in [5.74, 6) is -0.344. The Balaban J connectivity index is 2.02. The number of nitrogens with two attached hydrogens (primary N) is 1. The van der Waals surface area contributed by atoms with Crippen LogP contribution in [0.4, 0.5) is 10.2 Å². The van der Waals surface area contributed by atoms with Crippen LogP contribution in [0.3, 0.4) is 0 Å². The molecule has 1 heterocycles. The maximum atomic E-state index is 14.9. The first-order chi connectivity index (χ1) is 14.5. The van der Waals surface area contributed by atoms with Crippen LogP contribution in [-0.2, 0) is 10.0 Å². The van der Waals surface area contributed by atoms with Gasteiger partial charge < -0.3 is 10.8 Å². The summed E-state index contributed by atoms with van der Waals surface area (Å²) < 4.78 is 43.6. The van der Waals surface area contributed by atoms with Crippen LogP contribution in [0.25, 0.3) is 22.4 Å². The van der Waals surface area contributed by atoms with Crippen molar-refractivity contribution >= 4 is 15.8 Å². The maximum absolute atomic E-state index is 14.9. The van der Waals surface area contributed by atoms with Crippen LogP contribution >= 0.6 is 0 Å². The second kappa shape index (κ2) is 8.70. The molecule has 0 spiro atoms. The number of nitrogens with zero attached hydrogens (tertiary/aromatic N) is 2. The summed E-state index contributed by atoms with van der Waals surface area (Å²) in [7, 11) is -3.98. The lowest BCUT2D eigenvalue weighted by molar-refractivity contribution is 0.177. The van der Waals surface area contributed by atoms with E-state index in [-0.39, 0.29) is 22.9 Å². The zero-order chi connectivity index (χ0) is 22.8. The molecule has 0 amide bonds. The number of aromatic nitrogens is 2. The minimum absolute atomic E-state index is 0.00266. The number of aliphatic hydroxyl groups is 1. The summed E-state index contributed by atoms with van der Waals surface area (Å²) in [6.07, 6.45) is 2.71. The lowest BCUT2D eigenvalue weighted by Crippen LogP contribution is -2.46. The Bertz CT molecular complexity index is 1180. The normalized spacial score (nSPS) is 13.2. The van der Waals surface area contributed by atoms with Crippen molar-refractivity contribution in [2.75, 3.05) is 12.3 Å². The van der Waals surface area contributed by atoms with Crippen molar-refractivity contribution < 1.29 is 17.9 Å². The van der Waals surface area contributed by atoms with Gasteiger partial charge >= 0.3 is 0 Å². The molecular weight excluding hydrogens is 419 g/mol. The molecule has 1 aromatic heterocycles. The van der Waals surface area contributed by atoms with Crippen molar-refractivity contribution in [3.63, 3.8) is 0 Å². The second-order valence-electron chi connectivity index (χ2n) is 8.24. The number of benzene rings is 2. The quantitative estimate of drug-likeness (QED) is 0.537. The third-order valence-corrected chi connectivity index (χ3v) is 6.46. The standard InChI is InChI=1S/C22H25FN4O3S/c1-22(2,3)20(13-28)27-31(29,30)19-7-5-4-6-15(19)14-8-9-16(17(23)10-14)18-11-26-21(24)12-25-18/h4-12,20,27-28H,13H2,1-3H3,(H2,24,26)/t20-/m1/s1. The average molecular weight is 445 g/mol. The van der Waals surface area contributed by atoms with E-state index >= 15 is 0 Å². The molecule has 9 heteroatoms. The molecule has 0 fully saturated rings. The molecule has 2 aromatic carbocycles. The van der Waals surface area contributed by atoms with Crippen molar-refractivity contribution in [1.29, 1.82) is 0 Å². The topological polar surface area (TPSA) is 118 Å². The Kier molecular flexibility index (Phi) is 6.40. The first-order valence-corrected chi connectivity index (χ1v) is 11.1. The third kappa shape index (κ3) is 5.07. The van der Waals surface area contributed by atoms with Gasteiger partial charge in [0.25, 0.3) is 0 Å². The monoisotopic (exact) mass is 444 g/mol. The van der Waals surface area contributed by atoms with Crippen molar-refractivity contribution in [3.05, 3.63) is 60.7 Å². The molecule has 0 unspecified atom stereocenters. The number of halogens is 1. The van der Waals surface area contributed by atoms with E-state index in [1.807, 2.05) is 20.8 Å². The van der Waals surface area contributed by atoms with Crippen LogP contribution in [-0.4, -0.2) is 36.1 Å². The smallest absolute Gasteiger partial charge is 0.241 e. The molecule has 0 radical (unpaired) electrons. The maximum Gasteiger partial charge on any atom is 0.241 e. The van der Waals surface area contributed by atoms with Crippen molar-refractivity contribution in [2.24, 2.45) is 5.41 Å². The second-order valence-corrected chi connectivity index (χ2v) is 9.92. The van der Waals surface area contributed by atoms with E-state index in [0.29, 0.717) is 16.8 Å². The van der Waals surface area contributed by atoms with E-state index in [0.717, 1.165) is 0 Å². The molecule has 0 saturated heterocycles. The van der Waals surface area contributed by atoms with E-state index in [1.54, 1.807) is 24.3 Å². The molecule has 3 rings (SSSR count). The highest BCUT2D eigenvalue weighted by Crippen LogP contribution is 2.32. The van der Waals surface area contributed by atoms with E-state index in [4.69, 9.17) is 5.73 Å². The lowest BCUT2D eigenvalue weighted by Gasteiger charge is -2.29. The Hall–Kier alpha value is -2.88. The highest BCUT2D eigenvalue weighted by Gasteiger charge is 2.30. The number of sulfonamides is 1. The number of nitrogen functional groups attached to an aromatic ring is 1. The van der Waals surface area contributed by atoms with E-state index in [9.17, 15) is 17.9 Å². The van der Waals surface area contributed by atoms with Gasteiger partial charge in [-0.1, -0.05) is 45.0 Å². The van der Waals surface area contributed by atoms with Crippen molar-refractivity contribution in [1.82, 2.24) is 14.7 Å². The summed E-state index contributed by atoms with van der Waals surface area (Å²) in [6, 6.07) is 10.1. The van der Waals surface area contributed by atoms with Gasteiger partial charge in [-0.25, -0.2) is 22.5 Å². The van der Waals surface area contributed by atoms with Gasteiger partial charge in [0.2, 0.25) is 10.0 Å². The first-order valence-electron chi connectivity index (χ1n) is 9.63. The first kappa shape index (κ1) is 22.8. The highest BCUT2D eigenvalue weighted by atomic mass is 32.2. The zero-order valence-corrected chi connectivity index (χ0v) is 18.3. The molecule has 1 atom stereocenters. The molecule has 0 bridgehead atoms. The van der Waals surface area contributed by atoms with Crippen LogP contribution in [0.1, 0.15) is 20.8 Å². The summed E-state index contributed by atoms with van der Waals surface area (Å²) in [4.78, 5) is 7.99. The Labute approximate surface area is 181 Å². The molecular formula is C22H25FN4O3S. The molecule has 0 saturated carbocycles. The molecule has 3 aromatic rings. The van der Waals surface area contributed by atoms with Crippen LogP contribution in [0.2, 0.25) is 0 Å². The van der Waals surface area contributed by atoms with Gasteiger partial charge in [0.15, 0.2) is 0 Å². The fourth-order valence-electron chi connectivity index (χ4n) is 3.05. The summed E-state index contributed by atoms with van der Waals surface area (Å²) >= 11 is 0. The molecule has 4 N–H and O–H groups in total. The van der Waals surface area contributed by atoms with Gasteiger partial charge in [-0.2, -0.15) is 0 Å². The third-order valence-electron chi connectivity index (χ3n) is 4.93. The Morgan fingerprint density at radius 1 is 1.10 bits per heavy atom.